The second-order valence-electron chi connectivity index (χ2n) is 5.82. The van der Waals surface area contributed by atoms with Crippen molar-refractivity contribution in [2.45, 2.75) is 13.8 Å². The van der Waals surface area contributed by atoms with Crippen molar-refractivity contribution < 1.29 is 18.7 Å². The molecule has 0 radical (unpaired) electrons. The van der Waals surface area contributed by atoms with E-state index in [9.17, 15) is 14.4 Å². The van der Waals surface area contributed by atoms with Crippen LogP contribution in [0, 0.1) is 13.8 Å². The highest BCUT2D eigenvalue weighted by molar-refractivity contribution is 7.16. The van der Waals surface area contributed by atoms with Crippen molar-refractivity contribution in [3.8, 4) is 0 Å². The number of hydrogen-bond donors (Lipinski definition) is 1. The molecule has 1 aromatic carbocycles. The molecule has 0 atom stereocenters. The van der Waals surface area contributed by atoms with Crippen molar-refractivity contribution in [3.05, 3.63) is 68.4 Å². The molecule has 0 aliphatic rings. The van der Waals surface area contributed by atoms with Crippen molar-refractivity contribution in [1.82, 2.24) is 0 Å². The fraction of sp³-hybridized carbons (Fsp3) is 0.150. The first kappa shape index (κ1) is 18.6. The third-order valence-electron chi connectivity index (χ3n) is 4.13. The van der Waals surface area contributed by atoms with E-state index in [2.05, 4.69) is 5.32 Å². The Kier molecular flexibility index (Phi) is 5.23. The first-order valence-electron chi connectivity index (χ1n) is 8.10. The summed E-state index contributed by atoms with van der Waals surface area (Å²) in [4.78, 5) is 37.6. The Morgan fingerprint density at radius 1 is 1.22 bits per heavy atom. The Balaban J connectivity index is 1.85. The number of anilines is 1. The van der Waals surface area contributed by atoms with Crippen molar-refractivity contribution in [3.63, 3.8) is 0 Å². The fourth-order valence-electron chi connectivity index (χ4n) is 2.59. The van der Waals surface area contributed by atoms with Crippen molar-refractivity contribution in [1.29, 1.82) is 0 Å². The number of carbonyl (C=O) groups excluding carboxylic acids is 2. The summed E-state index contributed by atoms with van der Waals surface area (Å²) in [5.74, 6) is -0.972. The van der Waals surface area contributed by atoms with Gasteiger partial charge in [0.15, 0.2) is 5.43 Å². The number of benzene rings is 1. The van der Waals surface area contributed by atoms with Crippen LogP contribution in [0.25, 0.3) is 17.0 Å². The van der Waals surface area contributed by atoms with E-state index in [1.54, 1.807) is 31.2 Å². The van der Waals surface area contributed by atoms with Crippen LogP contribution >= 0.6 is 11.3 Å². The Bertz CT molecular complexity index is 1120. The van der Waals surface area contributed by atoms with Crippen LogP contribution in [-0.2, 0) is 9.53 Å². The zero-order valence-corrected chi connectivity index (χ0v) is 15.8. The summed E-state index contributed by atoms with van der Waals surface area (Å²) in [6.45, 7) is 3.65. The van der Waals surface area contributed by atoms with E-state index in [0.29, 0.717) is 21.5 Å². The molecule has 27 heavy (non-hydrogen) atoms. The molecular weight excluding hydrogens is 366 g/mol. The van der Waals surface area contributed by atoms with Gasteiger partial charge in [-0.05, 0) is 37.6 Å². The Morgan fingerprint density at radius 3 is 2.70 bits per heavy atom. The SMILES string of the molecule is COC(=O)c1c(NC(=O)/C=C/c2coc3ccccc3c2=O)sc(C)c1C. The van der Waals surface area contributed by atoms with E-state index in [0.717, 1.165) is 10.4 Å². The molecule has 6 nitrogen and oxygen atoms in total. The molecule has 0 bridgehead atoms. The monoisotopic (exact) mass is 383 g/mol. The zero-order valence-electron chi connectivity index (χ0n) is 15.0. The van der Waals surface area contributed by atoms with Crippen LogP contribution < -0.4 is 10.7 Å². The first-order chi connectivity index (χ1) is 12.9. The number of nitrogens with one attached hydrogen (secondary N) is 1. The van der Waals surface area contributed by atoms with Gasteiger partial charge in [-0.2, -0.15) is 0 Å². The van der Waals surface area contributed by atoms with Crippen molar-refractivity contribution in [2.75, 3.05) is 12.4 Å². The number of aryl methyl sites for hydroxylation is 1. The fourth-order valence-corrected chi connectivity index (χ4v) is 3.64. The number of carbonyl (C=O) groups is 2. The van der Waals surface area contributed by atoms with E-state index < -0.39 is 11.9 Å². The average Bonchev–Trinajstić information content (AvgIpc) is 2.94. The highest BCUT2D eigenvalue weighted by Gasteiger charge is 2.21. The number of methoxy groups -OCH3 is 1. The van der Waals surface area contributed by atoms with E-state index in [4.69, 9.17) is 9.15 Å². The molecule has 138 valence electrons. The molecule has 3 rings (SSSR count). The van der Waals surface area contributed by atoms with Gasteiger partial charge in [0.2, 0.25) is 5.91 Å². The van der Waals surface area contributed by atoms with Crippen LogP contribution in [0.3, 0.4) is 0 Å². The zero-order chi connectivity index (χ0) is 19.6. The van der Waals surface area contributed by atoms with Gasteiger partial charge in [0.1, 0.15) is 16.8 Å². The molecule has 0 spiro atoms. The van der Waals surface area contributed by atoms with Gasteiger partial charge < -0.3 is 14.5 Å². The smallest absolute Gasteiger partial charge is 0.341 e. The minimum absolute atomic E-state index is 0.223. The van der Waals surface area contributed by atoms with E-state index in [1.165, 1.54) is 36.9 Å². The van der Waals surface area contributed by atoms with Crippen molar-refractivity contribution in [2.24, 2.45) is 0 Å². The van der Waals surface area contributed by atoms with Crippen molar-refractivity contribution >= 4 is 45.3 Å². The van der Waals surface area contributed by atoms with Crippen LogP contribution in [-0.4, -0.2) is 19.0 Å². The van der Waals surface area contributed by atoms with Gasteiger partial charge in [0.05, 0.1) is 23.6 Å². The predicted molar refractivity (Wildman–Crippen MR) is 105 cm³/mol. The summed E-state index contributed by atoms with van der Waals surface area (Å²) in [5, 5.41) is 3.53. The standard InChI is InChI=1S/C20H17NO5S/c1-11-12(2)27-19(17(11)20(24)25-3)21-16(22)9-8-13-10-26-15-7-5-4-6-14(15)18(13)23/h4-10H,1-3H3,(H,21,22)/b9-8+. The lowest BCUT2D eigenvalue weighted by atomic mass is 10.1. The molecule has 0 saturated carbocycles. The van der Waals surface area contributed by atoms with E-state index >= 15 is 0 Å². The van der Waals surface area contributed by atoms with Crippen LogP contribution in [0.5, 0.6) is 0 Å². The lowest BCUT2D eigenvalue weighted by Gasteiger charge is -2.04. The maximum atomic E-state index is 12.4. The van der Waals surface area contributed by atoms with Gasteiger partial charge in [-0.15, -0.1) is 11.3 Å². The molecule has 2 aromatic heterocycles. The molecule has 2 heterocycles. The largest absolute Gasteiger partial charge is 0.465 e. The third kappa shape index (κ3) is 3.68. The van der Waals surface area contributed by atoms with Gasteiger partial charge in [-0.25, -0.2) is 4.79 Å². The number of esters is 1. The van der Waals surface area contributed by atoms with Gasteiger partial charge in [0, 0.05) is 11.0 Å². The molecule has 0 saturated heterocycles. The van der Waals surface area contributed by atoms with Crippen LogP contribution in [0.4, 0.5) is 5.00 Å². The molecule has 7 heteroatoms. The summed E-state index contributed by atoms with van der Waals surface area (Å²) >= 11 is 1.29. The maximum Gasteiger partial charge on any atom is 0.341 e. The molecule has 0 fully saturated rings. The molecule has 0 unspecified atom stereocenters. The average molecular weight is 383 g/mol. The molecule has 0 aliphatic carbocycles. The Hall–Kier alpha value is -3.19. The molecule has 1 N–H and O–H groups in total. The van der Waals surface area contributed by atoms with E-state index in [-0.39, 0.29) is 11.0 Å². The third-order valence-corrected chi connectivity index (χ3v) is 5.26. The van der Waals surface area contributed by atoms with Crippen LogP contribution in [0.15, 0.2) is 45.8 Å². The summed E-state index contributed by atoms with van der Waals surface area (Å²) in [5.41, 5.74) is 1.62. The van der Waals surface area contributed by atoms with E-state index in [1.807, 2.05) is 6.92 Å². The summed E-state index contributed by atoms with van der Waals surface area (Å²) in [6.07, 6.45) is 3.93. The number of amides is 1. The highest BCUT2D eigenvalue weighted by Crippen LogP contribution is 2.32. The highest BCUT2D eigenvalue weighted by atomic mass is 32.1. The number of thiophene rings is 1. The summed E-state index contributed by atoms with van der Waals surface area (Å²) < 4.78 is 10.2. The minimum atomic E-state index is -0.508. The minimum Gasteiger partial charge on any atom is -0.465 e. The molecule has 0 aliphatic heterocycles. The number of para-hydroxylation sites is 1. The summed E-state index contributed by atoms with van der Waals surface area (Å²) in [6, 6.07) is 6.89. The van der Waals surface area contributed by atoms with Gasteiger partial charge >= 0.3 is 5.97 Å². The quantitative estimate of drug-likeness (QED) is 0.545. The normalized spacial score (nSPS) is 11.1. The second kappa shape index (κ2) is 7.59. The lowest BCUT2D eigenvalue weighted by Crippen LogP contribution is -2.12. The van der Waals surface area contributed by atoms with Gasteiger partial charge in [-0.3, -0.25) is 9.59 Å². The molecule has 3 aromatic rings. The number of fused-ring (bicyclic) bond motifs is 1. The topological polar surface area (TPSA) is 85.6 Å². The van der Waals surface area contributed by atoms with Gasteiger partial charge in [-0.1, -0.05) is 12.1 Å². The molecule has 1 amide bonds. The second-order valence-corrected chi connectivity index (χ2v) is 7.04. The first-order valence-corrected chi connectivity index (χ1v) is 8.92. The lowest BCUT2D eigenvalue weighted by molar-refractivity contribution is -0.111. The number of ether oxygens (including phenoxy) is 1. The predicted octanol–water partition coefficient (Wildman–Crippen LogP) is 3.91. The van der Waals surface area contributed by atoms with Crippen LogP contribution in [0.1, 0.15) is 26.4 Å². The Labute approximate surface area is 159 Å². The maximum absolute atomic E-state index is 12.4. The summed E-state index contributed by atoms with van der Waals surface area (Å²) in [7, 11) is 1.29. The van der Waals surface area contributed by atoms with Gasteiger partial charge in [0.25, 0.3) is 0 Å². The number of hydrogen-bond acceptors (Lipinski definition) is 6. The Morgan fingerprint density at radius 2 is 1.96 bits per heavy atom. The molecular formula is C20H17NO5S. The number of rotatable bonds is 4. The van der Waals surface area contributed by atoms with Crippen LogP contribution in [0.2, 0.25) is 0 Å².